The van der Waals surface area contributed by atoms with Gasteiger partial charge >= 0.3 is 0 Å². The molecule has 4 aliphatic rings. The van der Waals surface area contributed by atoms with Crippen LogP contribution in [0.25, 0.3) is 6.20 Å². The Labute approximate surface area is 196 Å². The van der Waals surface area contributed by atoms with Gasteiger partial charge in [0.05, 0.1) is 23.8 Å². The lowest BCUT2D eigenvalue weighted by atomic mass is 9.52. The molecule has 0 spiro atoms. The number of amides is 2. The zero-order valence-electron chi connectivity index (χ0n) is 20.5. The number of aromatic nitrogens is 2. The third-order valence-electron chi connectivity index (χ3n) is 7.76. The molecule has 2 atom stereocenters. The van der Waals surface area contributed by atoms with E-state index in [1.807, 2.05) is 21.0 Å². The lowest BCUT2D eigenvalue weighted by Gasteiger charge is -2.59. The number of rotatable bonds is 9. The van der Waals surface area contributed by atoms with E-state index in [-0.39, 0.29) is 23.5 Å². The molecule has 4 aliphatic carbocycles. The summed E-state index contributed by atoms with van der Waals surface area (Å²) in [6.07, 6.45) is 10.4. The first-order valence-electron chi connectivity index (χ1n) is 12.1. The van der Waals surface area contributed by atoms with Crippen LogP contribution < -0.4 is 15.8 Å². The lowest BCUT2D eigenvalue weighted by Crippen LogP contribution is -2.62. The second-order valence-electron chi connectivity index (χ2n) is 11.3. The summed E-state index contributed by atoms with van der Waals surface area (Å²) in [6.45, 7) is 8.01. The zero-order chi connectivity index (χ0) is 24.0. The normalized spacial score (nSPS) is 30.8. The van der Waals surface area contributed by atoms with Gasteiger partial charge in [0, 0.05) is 19.4 Å². The van der Waals surface area contributed by atoms with E-state index in [0.717, 1.165) is 32.1 Å². The van der Waals surface area contributed by atoms with E-state index in [1.165, 1.54) is 4.68 Å². The Kier molecular flexibility index (Phi) is 6.33. The summed E-state index contributed by atoms with van der Waals surface area (Å²) in [5.41, 5.74) is 5.05. The fourth-order valence-corrected chi connectivity index (χ4v) is 6.01. The molecule has 4 fully saturated rings. The summed E-state index contributed by atoms with van der Waals surface area (Å²) < 4.78 is 13.5. The average Bonchev–Trinajstić information content (AvgIpc) is 3.15. The summed E-state index contributed by atoms with van der Waals surface area (Å²) in [7, 11) is 1.83. The highest BCUT2D eigenvalue weighted by Gasteiger charge is 2.56. The van der Waals surface area contributed by atoms with Crippen molar-refractivity contribution in [2.75, 3.05) is 13.7 Å². The van der Waals surface area contributed by atoms with Crippen LogP contribution in [-0.2, 0) is 9.53 Å². The highest BCUT2D eigenvalue weighted by molar-refractivity contribution is 5.96. The number of nitrogens with two attached hydrogens (primary N) is 1. The van der Waals surface area contributed by atoms with Gasteiger partial charge in [-0.25, -0.2) is 4.68 Å². The Balaban J connectivity index is 1.54. The summed E-state index contributed by atoms with van der Waals surface area (Å²) in [5, 5.41) is 7.68. The molecular formula is C25H38N4O4. The maximum atomic E-state index is 13.4. The van der Waals surface area contributed by atoms with Crippen LogP contribution in [0.5, 0.6) is 5.88 Å². The van der Waals surface area contributed by atoms with E-state index in [1.54, 1.807) is 32.3 Å². The number of ether oxygens (including phenoxy) is 2. The molecule has 2 unspecified atom stereocenters. The summed E-state index contributed by atoms with van der Waals surface area (Å²) in [5.74, 6) is 1.68. The molecule has 0 aliphatic heterocycles. The van der Waals surface area contributed by atoms with Crippen molar-refractivity contribution in [3.05, 3.63) is 17.8 Å². The van der Waals surface area contributed by atoms with E-state index >= 15 is 0 Å². The molecule has 8 nitrogen and oxygen atoms in total. The summed E-state index contributed by atoms with van der Waals surface area (Å²) >= 11 is 0. The van der Waals surface area contributed by atoms with Crippen molar-refractivity contribution in [2.24, 2.45) is 34.8 Å². The molecule has 2 amide bonds. The van der Waals surface area contributed by atoms with E-state index in [4.69, 9.17) is 15.2 Å². The molecule has 1 aromatic rings. The van der Waals surface area contributed by atoms with E-state index in [9.17, 15) is 9.59 Å². The first-order chi connectivity index (χ1) is 15.5. The van der Waals surface area contributed by atoms with Gasteiger partial charge in [0.15, 0.2) is 0 Å². The lowest BCUT2D eigenvalue weighted by molar-refractivity contribution is -0.156. The Morgan fingerprint density at radius 1 is 1.30 bits per heavy atom. The SMILES string of the molecule is COC12CC3CC(C1)C(NC(=O)c1cnn(/C=C/C(C)(C)C(N)=O)c1OCC(C)C)C(C3)C2. The number of carbonyl (C=O) groups is 2. The van der Waals surface area contributed by atoms with E-state index in [0.29, 0.717) is 35.8 Å². The Morgan fingerprint density at radius 3 is 2.55 bits per heavy atom. The van der Waals surface area contributed by atoms with Crippen LogP contribution in [0.1, 0.15) is 70.2 Å². The number of hydrogen-bond acceptors (Lipinski definition) is 5. The number of methoxy groups -OCH3 is 1. The predicted molar refractivity (Wildman–Crippen MR) is 125 cm³/mol. The van der Waals surface area contributed by atoms with Gasteiger partial charge in [0.25, 0.3) is 5.91 Å². The maximum absolute atomic E-state index is 13.4. The van der Waals surface area contributed by atoms with Crippen molar-refractivity contribution in [3.8, 4) is 5.88 Å². The second-order valence-corrected chi connectivity index (χ2v) is 11.3. The largest absolute Gasteiger partial charge is 0.477 e. The third kappa shape index (κ3) is 4.67. The molecule has 8 heteroatoms. The van der Waals surface area contributed by atoms with Crippen molar-refractivity contribution < 1.29 is 19.1 Å². The minimum atomic E-state index is -0.846. The molecule has 0 saturated heterocycles. The first-order valence-corrected chi connectivity index (χ1v) is 12.1. The molecule has 1 heterocycles. The molecule has 33 heavy (non-hydrogen) atoms. The van der Waals surface area contributed by atoms with Crippen molar-refractivity contribution in [3.63, 3.8) is 0 Å². The monoisotopic (exact) mass is 458 g/mol. The van der Waals surface area contributed by atoms with Gasteiger partial charge in [0.2, 0.25) is 11.8 Å². The van der Waals surface area contributed by atoms with Crippen molar-refractivity contribution >= 4 is 18.0 Å². The van der Waals surface area contributed by atoms with Gasteiger partial charge in [0.1, 0.15) is 5.56 Å². The Bertz CT molecular complexity index is 919. The van der Waals surface area contributed by atoms with Gasteiger partial charge in [-0.15, -0.1) is 0 Å². The van der Waals surface area contributed by atoms with Crippen LogP contribution in [-0.4, -0.2) is 47.0 Å². The summed E-state index contributed by atoms with van der Waals surface area (Å²) in [6, 6.07) is 0.156. The third-order valence-corrected chi connectivity index (χ3v) is 7.76. The van der Waals surface area contributed by atoms with E-state index in [2.05, 4.69) is 10.4 Å². The van der Waals surface area contributed by atoms with Gasteiger partial charge < -0.3 is 20.5 Å². The molecule has 4 bridgehead atoms. The quantitative estimate of drug-likeness (QED) is 0.591. The number of hydrogen-bond donors (Lipinski definition) is 2. The number of carbonyl (C=O) groups excluding carboxylic acids is 2. The highest BCUT2D eigenvalue weighted by Crippen LogP contribution is 2.57. The Morgan fingerprint density at radius 2 is 1.97 bits per heavy atom. The molecule has 0 radical (unpaired) electrons. The van der Waals surface area contributed by atoms with E-state index < -0.39 is 11.3 Å². The van der Waals surface area contributed by atoms with Crippen LogP contribution in [0.4, 0.5) is 0 Å². The smallest absolute Gasteiger partial charge is 0.258 e. The molecular weight excluding hydrogens is 420 g/mol. The average molecular weight is 459 g/mol. The van der Waals surface area contributed by atoms with Gasteiger partial charge in [-0.2, -0.15) is 5.10 Å². The van der Waals surface area contributed by atoms with Gasteiger partial charge in [-0.1, -0.05) is 19.9 Å². The summed E-state index contributed by atoms with van der Waals surface area (Å²) in [4.78, 5) is 25.1. The molecule has 1 aromatic heterocycles. The van der Waals surface area contributed by atoms with Crippen LogP contribution in [0.2, 0.25) is 0 Å². The molecule has 182 valence electrons. The first kappa shape index (κ1) is 23.8. The predicted octanol–water partition coefficient (Wildman–Crippen LogP) is 3.22. The highest BCUT2D eigenvalue weighted by atomic mass is 16.5. The molecule has 0 aromatic carbocycles. The molecule has 5 rings (SSSR count). The van der Waals surface area contributed by atoms with Crippen LogP contribution in [0, 0.1) is 29.1 Å². The van der Waals surface area contributed by atoms with Crippen molar-refractivity contribution in [1.82, 2.24) is 15.1 Å². The van der Waals surface area contributed by atoms with Crippen molar-refractivity contribution in [1.29, 1.82) is 0 Å². The van der Waals surface area contributed by atoms with Crippen LogP contribution in [0.3, 0.4) is 0 Å². The number of nitrogens with zero attached hydrogens (tertiary/aromatic N) is 2. The Hall–Kier alpha value is -2.35. The minimum absolute atomic E-state index is 0.00612. The molecule has 4 saturated carbocycles. The van der Waals surface area contributed by atoms with Gasteiger partial charge in [-0.3, -0.25) is 9.59 Å². The fraction of sp³-hybridized carbons (Fsp3) is 0.720. The topological polar surface area (TPSA) is 108 Å². The number of primary amides is 1. The second kappa shape index (κ2) is 8.78. The standard InChI is InChI=1S/C25H38N4O4/c1-15(2)14-33-22-19(13-27-29(22)7-6-24(3,4)23(26)31)21(30)28-20-17-8-16-9-18(20)12-25(10-16,11-17)32-5/h6-7,13,15-18,20H,8-12,14H2,1-5H3,(H2,26,31)(H,28,30)/b7-6+. The van der Waals surface area contributed by atoms with Crippen LogP contribution in [0.15, 0.2) is 12.3 Å². The van der Waals surface area contributed by atoms with Crippen LogP contribution >= 0.6 is 0 Å². The fourth-order valence-electron chi connectivity index (χ4n) is 6.01. The zero-order valence-corrected chi connectivity index (χ0v) is 20.5. The van der Waals surface area contributed by atoms with Crippen molar-refractivity contribution in [2.45, 2.75) is 71.4 Å². The van der Waals surface area contributed by atoms with Gasteiger partial charge in [-0.05, 0) is 69.6 Å². The molecule has 3 N–H and O–H groups in total. The minimum Gasteiger partial charge on any atom is -0.477 e. The number of nitrogens with one attached hydrogen (secondary N) is 1. The maximum Gasteiger partial charge on any atom is 0.258 e.